The molecule has 1 saturated heterocycles. The predicted molar refractivity (Wildman–Crippen MR) is 116 cm³/mol. The molecule has 0 bridgehead atoms. The monoisotopic (exact) mass is 417 g/mol. The molecule has 4 rings (SSSR count). The number of aliphatic hydroxyl groups excluding tert-OH is 1. The molecule has 2 saturated carbocycles. The normalized spacial score (nSPS) is 36.6. The van der Waals surface area contributed by atoms with Gasteiger partial charge in [-0.05, 0) is 81.8 Å². The van der Waals surface area contributed by atoms with Crippen LogP contribution in [-0.4, -0.2) is 37.0 Å². The fraction of sp³-hybridized carbons (Fsp3) is 0.667. The molecule has 0 amide bonds. The molecule has 0 aromatic heterocycles. The van der Waals surface area contributed by atoms with E-state index in [2.05, 4.69) is 13.5 Å². The molecule has 5 atom stereocenters. The van der Waals surface area contributed by atoms with Crippen LogP contribution in [0.2, 0.25) is 0 Å². The summed E-state index contributed by atoms with van der Waals surface area (Å²) in [6.45, 7) is 9.70. The third-order valence-corrected chi connectivity index (χ3v) is 9.83. The molecule has 1 heterocycles. The van der Waals surface area contributed by atoms with Crippen molar-refractivity contribution < 1.29 is 13.5 Å². The van der Waals surface area contributed by atoms with Gasteiger partial charge in [-0.2, -0.15) is 4.31 Å². The van der Waals surface area contributed by atoms with Gasteiger partial charge in [0.15, 0.2) is 0 Å². The molecule has 2 aliphatic carbocycles. The summed E-state index contributed by atoms with van der Waals surface area (Å²) in [5.74, 6) is 1.38. The van der Waals surface area contributed by atoms with Crippen LogP contribution in [0, 0.1) is 30.1 Å². The second-order valence-electron chi connectivity index (χ2n) is 9.78. The fourth-order valence-corrected chi connectivity index (χ4v) is 8.08. The van der Waals surface area contributed by atoms with E-state index in [1.54, 1.807) is 16.4 Å². The minimum absolute atomic E-state index is 0.0901. The summed E-state index contributed by atoms with van der Waals surface area (Å²) >= 11 is 0. The lowest BCUT2D eigenvalue weighted by atomic mass is 9.57. The molecule has 160 valence electrons. The van der Waals surface area contributed by atoms with Gasteiger partial charge in [0.2, 0.25) is 10.0 Å². The second kappa shape index (κ2) is 7.82. The van der Waals surface area contributed by atoms with Crippen molar-refractivity contribution in [1.29, 1.82) is 0 Å². The fourth-order valence-electron chi connectivity index (χ4n) is 6.57. The van der Waals surface area contributed by atoms with Gasteiger partial charge < -0.3 is 5.11 Å². The van der Waals surface area contributed by atoms with E-state index in [-0.39, 0.29) is 11.5 Å². The number of aliphatic hydroxyl groups is 1. The van der Waals surface area contributed by atoms with Crippen molar-refractivity contribution in [1.82, 2.24) is 4.31 Å². The van der Waals surface area contributed by atoms with E-state index >= 15 is 0 Å². The molecule has 4 nitrogen and oxygen atoms in total. The zero-order valence-electron chi connectivity index (χ0n) is 17.8. The minimum Gasteiger partial charge on any atom is -0.393 e. The summed E-state index contributed by atoms with van der Waals surface area (Å²) in [5, 5.41) is 11.2. The maximum atomic E-state index is 13.2. The molecular weight excluding hydrogens is 382 g/mol. The Hall–Kier alpha value is -1.17. The first-order valence-corrected chi connectivity index (χ1v) is 12.6. The number of aryl methyl sites for hydroxylation is 1. The Kier molecular flexibility index (Phi) is 5.69. The van der Waals surface area contributed by atoms with Gasteiger partial charge >= 0.3 is 0 Å². The van der Waals surface area contributed by atoms with Crippen molar-refractivity contribution in [2.75, 3.05) is 13.1 Å². The average molecular weight is 418 g/mol. The number of benzene rings is 1. The van der Waals surface area contributed by atoms with E-state index < -0.39 is 10.0 Å². The summed E-state index contributed by atoms with van der Waals surface area (Å²) < 4.78 is 28.1. The first kappa shape index (κ1) is 21.1. The molecule has 5 heteroatoms. The minimum atomic E-state index is -3.48. The Bertz CT molecular complexity index is 863. The summed E-state index contributed by atoms with van der Waals surface area (Å²) in [7, 11) is -3.48. The number of sulfonamides is 1. The molecular formula is C24H35NO3S. The van der Waals surface area contributed by atoms with Crippen molar-refractivity contribution in [2.24, 2.45) is 23.2 Å². The number of rotatable bonds is 2. The highest BCUT2D eigenvalue weighted by molar-refractivity contribution is 7.89. The highest BCUT2D eigenvalue weighted by Crippen LogP contribution is 2.62. The second-order valence-corrected chi connectivity index (χ2v) is 11.7. The lowest BCUT2D eigenvalue weighted by Crippen LogP contribution is -2.48. The van der Waals surface area contributed by atoms with Crippen LogP contribution in [0.1, 0.15) is 57.4 Å². The van der Waals surface area contributed by atoms with Crippen LogP contribution in [-0.2, 0) is 10.0 Å². The van der Waals surface area contributed by atoms with Gasteiger partial charge in [-0.3, -0.25) is 0 Å². The molecule has 3 fully saturated rings. The zero-order chi connectivity index (χ0) is 20.8. The molecule has 1 aromatic rings. The van der Waals surface area contributed by atoms with E-state index in [0.717, 1.165) is 50.5 Å². The maximum Gasteiger partial charge on any atom is 0.243 e. The van der Waals surface area contributed by atoms with Crippen molar-refractivity contribution in [3.8, 4) is 0 Å². The average Bonchev–Trinajstić information content (AvgIpc) is 2.97. The largest absolute Gasteiger partial charge is 0.393 e. The van der Waals surface area contributed by atoms with Gasteiger partial charge in [0.05, 0.1) is 11.0 Å². The van der Waals surface area contributed by atoms with Crippen molar-refractivity contribution in [2.45, 2.75) is 69.8 Å². The Labute approximate surface area is 176 Å². The molecule has 1 aliphatic heterocycles. The van der Waals surface area contributed by atoms with Crippen LogP contribution in [0.4, 0.5) is 0 Å². The number of hydrogen-bond donors (Lipinski definition) is 1. The van der Waals surface area contributed by atoms with Crippen molar-refractivity contribution in [3.05, 3.63) is 42.0 Å². The number of nitrogens with zero attached hydrogens (tertiary/aromatic N) is 1. The van der Waals surface area contributed by atoms with E-state index in [0.29, 0.717) is 35.7 Å². The molecule has 3 aliphatic rings. The molecule has 0 radical (unpaired) electrons. The first-order valence-electron chi connectivity index (χ1n) is 11.2. The van der Waals surface area contributed by atoms with Crippen LogP contribution in [0.25, 0.3) is 0 Å². The number of hydrogen-bond acceptors (Lipinski definition) is 3. The van der Waals surface area contributed by atoms with E-state index in [1.165, 1.54) is 5.57 Å². The Morgan fingerprint density at radius 1 is 1.14 bits per heavy atom. The summed E-state index contributed by atoms with van der Waals surface area (Å²) in [6, 6.07) is 7.16. The van der Waals surface area contributed by atoms with Gasteiger partial charge in [-0.1, -0.05) is 36.8 Å². The SMILES string of the molecule is C=C1C[C@@H]2C[C@@H](C)C[C@@H](O)[C@@]23CCCN(S(=O)(=O)c2ccc(C)cc2)CCC[C@@H]13. The first-order chi connectivity index (χ1) is 13.7. The van der Waals surface area contributed by atoms with Crippen LogP contribution < -0.4 is 0 Å². The molecule has 1 N–H and O–H groups in total. The standard InChI is InChI=1S/C24H35NO3S/c1-17-7-9-21(10-8-17)29(27,28)25-12-4-6-22-19(3)16-20-14-18(2)15-23(26)24(20,22)11-5-13-25/h7-10,18,20,22-23,26H,3-6,11-16H2,1-2H3/t18-,20+,22+,23-,24+/m1/s1. The highest BCUT2D eigenvalue weighted by Gasteiger charge is 2.57. The Morgan fingerprint density at radius 2 is 1.83 bits per heavy atom. The van der Waals surface area contributed by atoms with E-state index in [9.17, 15) is 13.5 Å². The summed E-state index contributed by atoms with van der Waals surface area (Å²) in [5.41, 5.74) is 2.26. The van der Waals surface area contributed by atoms with Gasteiger partial charge in [0, 0.05) is 18.5 Å². The van der Waals surface area contributed by atoms with E-state index in [1.807, 2.05) is 19.1 Å². The van der Waals surface area contributed by atoms with Gasteiger partial charge in [-0.15, -0.1) is 0 Å². The van der Waals surface area contributed by atoms with Crippen molar-refractivity contribution in [3.63, 3.8) is 0 Å². The lowest BCUT2D eigenvalue weighted by molar-refractivity contribution is -0.0859. The lowest BCUT2D eigenvalue weighted by Gasteiger charge is -2.49. The predicted octanol–water partition coefficient (Wildman–Crippen LogP) is 4.53. The summed E-state index contributed by atoms with van der Waals surface area (Å²) in [4.78, 5) is 0.384. The van der Waals surface area contributed by atoms with Gasteiger partial charge in [-0.25, -0.2) is 8.42 Å². The highest BCUT2D eigenvalue weighted by atomic mass is 32.2. The van der Waals surface area contributed by atoms with Crippen LogP contribution >= 0.6 is 0 Å². The molecule has 1 aromatic carbocycles. The Balaban J connectivity index is 1.58. The molecule has 29 heavy (non-hydrogen) atoms. The third kappa shape index (κ3) is 3.60. The zero-order valence-corrected chi connectivity index (χ0v) is 18.6. The summed E-state index contributed by atoms with van der Waals surface area (Å²) in [6.07, 6.45) is 6.24. The van der Waals surface area contributed by atoms with Crippen LogP contribution in [0.3, 0.4) is 0 Å². The Morgan fingerprint density at radius 3 is 2.55 bits per heavy atom. The van der Waals surface area contributed by atoms with Gasteiger partial charge in [0.1, 0.15) is 0 Å². The topological polar surface area (TPSA) is 57.6 Å². The van der Waals surface area contributed by atoms with Crippen LogP contribution in [0.5, 0.6) is 0 Å². The third-order valence-electron chi connectivity index (χ3n) is 7.92. The molecule has 0 unspecified atom stereocenters. The quantitative estimate of drug-likeness (QED) is 0.719. The molecule has 1 spiro atoms. The smallest absolute Gasteiger partial charge is 0.243 e. The van der Waals surface area contributed by atoms with Crippen molar-refractivity contribution >= 4 is 10.0 Å². The van der Waals surface area contributed by atoms with E-state index in [4.69, 9.17) is 0 Å². The maximum absolute atomic E-state index is 13.2. The number of allylic oxidation sites excluding steroid dienone is 1. The van der Waals surface area contributed by atoms with Crippen LogP contribution in [0.15, 0.2) is 41.3 Å². The van der Waals surface area contributed by atoms with Gasteiger partial charge in [0.25, 0.3) is 0 Å².